The summed E-state index contributed by atoms with van der Waals surface area (Å²) in [5.74, 6) is 0.701. The van der Waals surface area contributed by atoms with E-state index in [1.165, 1.54) is 0 Å². The van der Waals surface area contributed by atoms with Crippen LogP contribution in [0.5, 0.6) is 5.75 Å². The van der Waals surface area contributed by atoms with Crippen molar-refractivity contribution < 1.29 is 9.09 Å². The normalized spacial score (nSPS) is 9.91. The summed E-state index contributed by atoms with van der Waals surface area (Å²) in [4.78, 5) is 0. The fraction of sp³-hybridized carbons (Fsp3) is 0.250. The van der Waals surface area contributed by atoms with Gasteiger partial charge in [-0.1, -0.05) is 25.1 Å². The molecule has 1 rings (SSSR count). The average Bonchev–Trinajstić information content (AvgIpc) is 2.06. The van der Waals surface area contributed by atoms with Crippen molar-refractivity contribution in [3.8, 4) is 5.75 Å². The van der Waals surface area contributed by atoms with E-state index in [9.17, 15) is 4.57 Å². The van der Waals surface area contributed by atoms with Crippen LogP contribution in [0.2, 0.25) is 0 Å². The van der Waals surface area contributed by atoms with Crippen LogP contribution in [-0.2, 0) is 11.0 Å². The minimum absolute atomic E-state index is 0.291. The molecule has 1 aromatic rings. The van der Waals surface area contributed by atoms with E-state index in [4.69, 9.17) is 4.52 Å². The van der Waals surface area contributed by atoms with Crippen molar-refractivity contribution in [2.45, 2.75) is 13.3 Å². The Morgan fingerprint density at radius 2 is 2.18 bits per heavy atom. The molecule has 0 bridgehead atoms. The Morgan fingerprint density at radius 1 is 1.45 bits per heavy atom. The summed E-state index contributed by atoms with van der Waals surface area (Å²) in [6.07, 6.45) is 0.895. The van der Waals surface area contributed by atoms with Crippen LogP contribution in [0, 0.1) is 0 Å². The number of hydrogen-bond acceptors (Lipinski definition) is 2. The summed E-state index contributed by atoms with van der Waals surface area (Å²) in [5.41, 5.74) is 1.08. The standard InChI is InChI=1S/C8H9O2P/c1-2-7-5-3-4-6-8(7)10-11-9/h3-6H,2H2,1H3. The Labute approximate surface area is 67.5 Å². The van der Waals surface area contributed by atoms with Crippen molar-refractivity contribution in [3.05, 3.63) is 29.8 Å². The van der Waals surface area contributed by atoms with Gasteiger partial charge in [0.15, 0.2) is 0 Å². The molecule has 0 aliphatic carbocycles. The molecule has 0 aliphatic heterocycles. The lowest BCUT2D eigenvalue weighted by Crippen LogP contribution is -1.84. The lowest BCUT2D eigenvalue weighted by Gasteiger charge is -2.01. The number of aryl methyl sites for hydroxylation is 1. The highest BCUT2D eigenvalue weighted by Crippen LogP contribution is 2.21. The zero-order valence-electron chi connectivity index (χ0n) is 6.28. The first-order valence-corrected chi connectivity index (χ1v) is 4.19. The summed E-state index contributed by atoms with van der Waals surface area (Å²) >= 11 is 0. The van der Waals surface area contributed by atoms with Crippen LogP contribution < -0.4 is 4.52 Å². The molecule has 0 atom stereocenters. The number of para-hydroxylation sites is 1. The van der Waals surface area contributed by atoms with Gasteiger partial charge in [0.1, 0.15) is 5.75 Å². The topological polar surface area (TPSA) is 26.3 Å². The maximum atomic E-state index is 10.1. The minimum Gasteiger partial charge on any atom is -0.407 e. The molecule has 0 aromatic heterocycles. The third-order valence-electron chi connectivity index (χ3n) is 1.49. The molecular formula is C8H9O2P. The van der Waals surface area contributed by atoms with Crippen molar-refractivity contribution in [1.29, 1.82) is 0 Å². The van der Waals surface area contributed by atoms with Gasteiger partial charge in [-0.3, -0.25) is 0 Å². The number of hydrogen-bond donors (Lipinski definition) is 0. The van der Waals surface area contributed by atoms with Gasteiger partial charge in [0.25, 0.3) is 0 Å². The summed E-state index contributed by atoms with van der Waals surface area (Å²) in [6.45, 7) is 2.03. The molecular weight excluding hydrogens is 159 g/mol. The zero-order valence-corrected chi connectivity index (χ0v) is 7.17. The zero-order chi connectivity index (χ0) is 8.10. The van der Waals surface area contributed by atoms with Crippen LogP contribution in [0.3, 0.4) is 0 Å². The molecule has 0 N–H and O–H groups in total. The van der Waals surface area contributed by atoms with E-state index in [1.54, 1.807) is 0 Å². The van der Waals surface area contributed by atoms with E-state index in [-0.39, 0.29) is 8.69 Å². The van der Waals surface area contributed by atoms with Crippen molar-refractivity contribution in [2.24, 2.45) is 0 Å². The van der Waals surface area contributed by atoms with Crippen molar-refractivity contribution in [1.82, 2.24) is 0 Å². The lowest BCUT2D eigenvalue weighted by molar-refractivity contribution is 0.522. The first kappa shape index (κ1) is 8.22. The smallest absolute Gasteiger partial charge is 0.395 e. The van der Waals surface area contributed by atoms with Gasteiger partial charge in [0.05, 0.1) is 0 Å². The molecule has 0 saturated carbocycles. The first-order valence-electron chi connectivity index (χ1n) is 3.46. The van der Waals surface area contributed by atoms with Crippen LogP contribution in [0.1, 0.15) is 12.5 Å². The van der Waals surface area contributed by atoms with E-state index < -0.39 is 0 Å². The number of benzene rings is 1. The SMILES string of the molecule is CCc1ccccc1OP=O. The Morgan fingerprint density at radius 3 is 2.82 bits per heavy atom. The van der Waals surface area contributed by atoms with Gasteiger partial charge in [0.2, 0.25) is 0 Å². The van der Waals surface area contributed by atoms with Crippen LogP contribution in [0.25, 0.3) is 0 Å². The van der Waals surface area contributed by atoms with Crippen LogP contribution >= 0.6 is 8.69 Å². The molecule has 2 nitrogen and oxygen atoms in total. The fourth-order valence-corrected chi connectivity index (χ4v) is 1.18. The lowest BCUT2D eigenvalue weighted by atomic mass is 10.1. The Bertz CT molecular complexity index is 248. The third-order valence-corrected chi connectivity index (χ3v) is 1.76. The molecule has 11 heavy (non-hydrogen) atoms. The maximum absolute atomic E-state index is 10.1. The average molecular weight is 168 g/mol. The van der Waals surface area contributed by atoms with Gasteiger partial charge in [0, 0.05) is 0 Å². The van der Waals surface area contributed by atoms with Gasteiger partial charge in [-0.15, -0.1) is 0 Å². The molecule has 0 saturated heterocycles. The van der Waals surface area contributed by atoms with E-state index in [1.807, 2.05) is 31.2 Å². The van der Waals surface area contributed by atoms with Crippen molar-refractivity contribution in [2.75, 3.05) is 0 Å². The summed E-state index contributed by atoms with van der Waals surface area (Å²) < 4.78 is 15.0. The molecule has 3 heteroatoms. The number of rotatable bonds is 3. The van der Waals surface area contributed by atoms with Crippen LogP contribution in [0.4, 0.5) is 0 Å². The van der Waals surface area contributed by atoms with Crippen molar-refractivity contribution >= 4 is 8.69 Å². The monoisotopic (exact) mass is 168 g/mol. The highest BCUT2D eigenvalue weighted by molar-refractivity contribution is 7.17. The summed E-state index contributed by atoms with van der Waals surface area (Å²) in [5, 5.41) is 0. The first-order chi connectivity index (χ1) is 5.38. The van der Waals surface area contributed by atoms with Gasteiger partial charge < -0.3 is 4.52 Å². The predicted molar refractivity (Wildman–Crippen MR) is 44.1 cm³/mol. The molecule has 0 spiro atoms. The van der Waals surface area contributed by atoms with Crippen LogP contribution in [-0.4, -0.2) is 0 Å². The molecule has 58 valence electrons. The second kappa shape index (κ2) is 4.09. The Balaban J connectivity index is 2.92. The molecule has 0 unspecified atom stereocenters. The minimum atomic E-state index is -0.291. The van der Waals surface area contributed by atoms with Crippen molar-refractivity contribution in [3.63, 3.8) is 0 Å². The molecule has 1 aromatic carbocycles. The largest absolute Gasteiger partial charge is 0.407 e. The molecule has 0 fully saturated rings. The molecule has 0 heterocycles. The van der Waals surface area contributed by atoms with E-state index in [0.717, 1.165) is 12.0 Å². The fourth-order valence-electron chi connectivity index (χ4n) is 0.925. The third kappa shape index (κ3) is 2.02. The van der Waals surface area contributed by atoms with E-state index in [0.29, 0.717) is 5.75 Å². The second-order valence-corrected chi connectivity index (χ2v) is 2.46. The van der Waals surface area contributed by atoms with Gasteiger partial charge in [-0.2, -0.15) is 0 Å². The van der Waals surface area contributed by atoms with E-state index >= 15 is 0 Å². The Kier molecular flexibility index (Phi) is 3.06. The summed E-state index contributed by atoms with van der Waals surface area (Å²) in [6, 6.07) is 7.57. The van der Waals surface area contributed by atoms with Gasteiger partial charge >= 0.3 is 8.69 Å². The van der Waals surface area contributed by atoms with E-state index in [2.05, 4.69) is 0 Å². The molecule has 0 radical (unpaired) electrons. The maximum Gasteiger partial charge on any atom is 0.395 e. The highest BCUT2D eigenvalue weighted by Gasteiger charge is 1.98. The predicted octanol–water partition coefficient (Wildman–Crippen LogP) is 2.83. The quantitative estimate of drug-likeness (QED) is 0.648. The highest BCUT2D eigenvalue weighted by atomic mass is 31.1. The van der Waals surface area contributed by atoms with Gasteiger partial charge in [-0.05, 0) is 18.1 Å². The van der Waals surface area contributed by atoms with Gasteiger partial charge in [-0.25, -0.2) is 4.57 Å². The molecule has 0 amide bonds. The second-order valence-electron chi connectivity index (χ2n) is 2.13. The Hall–Kier alpha value is -0.880. The molecule has 0 aliphatic rings. The van der Waals surface area contributed by atoms with Crippen LogP contribution in [0.15, 0.2) is 24.3 Å². The summed E-state index contributed by atoms with van der Waals surface area (Å²) in [7, 11) is -0.291.